The first kappa shape index (κ1) is 14.1. The van der Waals surface area contributed by atoms with Crippen LogP contribution in [0.3, 0.4) is 0 Å². The molecule has 1 aromatic heterocycles. The molecule has 1 aromatic rings. The lowest BCUT2D eigenvalue weighted by molar-refractivity contribution is -0.123. The number of thioether (sulfide) groups is 1. The second-order valence-electron chi connectivity index (χ2n) is 5.23. The summed E-state index contributed by atoms with van der Waals surface area (Å²) in [7, 11) is 0. The van der Waals surface area contributed by atoms with Crippen LogP contribution in [0.1, 0.15) is 23.2 Å². The Morgan fingerprint density at radius 1 is 1.29 bits per heavy atom. The minimum atomic E-state index is -0.321. The first-order chi connectivity index (χ1) is 10.1. The molecule has 0 bridgehead atoms. The molecule has 2 aliphatic rings. The van der Waals surface area contributed by atoms with Gasteiger partial charge in [-0.05, 0) is 12.8 Å². The Bertz CT molecular complexity index is 649. The van der Waals surface area contributed by atoms with Crippen molar-refractivity contribution in [2.24, 2.45) is 11.7 Å². The zero-order valence-corrected chi connectivity index (χ0v) is 12.3. The molecule has 3 rings (SSSR count). The molecule has 0 aromatic carbocycles. The van der Waals surface area contributed by atoms with Crippen molar-refractivity contribution < 1.29 is 9.59 Å². The lowest BCUT2D eigenvalue weighted by Gasteiger charge is -2.30. The van der Waals surface area contributed by atoms with Gasteiger partial charge in [-0.25, -0.2) is 4.98 Å². The van der Waals surface area contributed by atoms with E-state index < -0.39 is 0 Å². The molecular weight excluding hydrogens is 292 g/mol. The number of carbonyl (C=O) groups excluding carboxylic acids is 2. The zero-order chi connectivity index (χ0) is 15.0. The van der Waals surface area contributed by atoms with Gasteiger partial charge in [0.25, 0.3) is 11.5 Å². The predicted octanol–water partition coefficient (Wildman–Crippen LogP) is -0.314. The summed E-state index contributed by atoms with van der Waals surface area (Å²) in [6.07, 6.45) is 2.47. The third-order valence-electron chi connectivity index (χ3n) is 3.97. The number of piperidine rings is 1. The Labute approximate surface area is 125 Å². The third-order valence-corrected chi connectivity index (χ3v) is 4.94. The van der Waals surface area contributed by atoms with Crippen molar-refractivity contribution >= 4 is 23.6 Å². The van der Waals surface area contributed by atoms with Crippen LogP contribution >= 0.6 is 11.8 Å². The minimum absolute atomic E-state index is 0.110. The van der Waals surface area contributed by atoms with Crippen molar-refractivity contribution in [3.05, 3.63) is 22.1 Å². The van der Waals surface area contributed by atoms with Crippen LogP contribution in [0.15, 0.2) is 16.1 Å². The second-order valence-corrected chi connectivity index (χ2v) is 6.29. The monoisotopic (exact) mass is 308 g/mol. The minimum Gasteiger partial charge on any atom is -0.369 e. The van der Waals surface area contributed by atoms with Gasteiger partial charge in [0, 0.05) is 37.5 Å². The average molecular weight is 308 g/mol. The maximum absolute atomic E-state index is 12.4. The van der Waals surface area contributed by atoms with E-state index in [1.807, 2.05) is 0 Å². The van der Waals surface area contributed by atoms with E-state index in [0.29, 0.717) is 37.6 Å². The SMILES string of the molecule is NC(=O)C1CCN(C(=O)c2cnc3n(c2=O)CCS3)CC1. The molecule has 0 aliphatic carbocycles. The number of fused-ring (bicyclic) bond motifs is 1. The van der Waals surface area contributed by atoms with E-state index in [1.165, 1.54) is 18.0 Å². The summed E-state index contributed by atoms with van der Waals surface area (Å²) in [4.78, 5) is 41.7. The zero-order valence-electron chi connectivity index (χ0n) is 11.4. The quantitative estimate of drug-likeness (QED) is 0.756. The van der Waals surface area contributed by atoms with Crippen LogP contribution in [-0.4, -0.2) is 45.1 Å². The summed E-state index contributed by atoms with van der Waals surface area (Å²) in [6, 6.07) is 0. The normalized spacial score (nSPS) is 18.6. The van der Waals surface area contributed by atoms with Crippen LogP contribution < -0.4 is 11.3 Å². The molecule has 112 valence electrons. The van der Waals surface area contributed by atoms with Gasteiger partial charge in [-0.2, -0.15) is 0 Å². The Balaban J connectivity index is 1.78. The van der Waals surface area contributed by atoms with Crippen molar-refractivity contribution in [3.63, 3.8) is 0 Å². The number of hydrogen-bond acceptors (Lipinski definition) is 5. The van der Waals surface area contributed by atoms with Crippen molar-refractivity contribution in [2.45, 2.75) is 24.5 Å². The summed E-state index contributed by atoms with van der Waals surface area (Å²) < 4.78 is 1.55. The van der Waals surface area contributed by atoms with Crippen molar-refractivity contribution in [3.8, 4) is 0 Å². The largest absolute Gasteiger partial charge is 0.369 e. The number of rotatable bonds is 2. The molecular formula is C13H16N4O3S. The summed E-state index contributed by atoms with van der Waals surface area (Å²) >= 11 is 1.52. The molecule has 0 spiro atoms. The number of primary amides is 1. The van der Waals surface area contributed by atoms with Gasteiger partial charge >= 0.3 is 0 Å². The average Bonchev–Trinajstić information content (AvgIpc) is 2.96. The lowest BCUT2D eigenvalue weighted by Crippen LogP contribution is -2.43. The molecule has 0 unspecified atom stereocenters. The molecule has 2 aliphatic heterocycles. The number of amides is 2. The highest BCUT2D eigenvalue weighted by Gasteiger charge is 2.29. The number of likely N-dealkylation sites (tertiary alicyclic amines) is 1. The van der Waals surface area contributed by atoms with E-state index in [0.717, 1.165) is 5.75 Å². The maximum atomic E-state index is 12.4. The molecule has 8 heteroatoms. The molecule has 2 amide bonds. The first-order valence-corrected chi connectivity index (χ1v) is 7.87. The summed E-state index contributed by atoms with van der Waals surface area (Å²) in [5.74, 6) is 0.00914. The van der Waals surface area contributed by atoms with Gasteiger partial charge in [0.15, 0.2) is 5.16 Å². The fraction of sp³-hybridized carbons (Fsp3) is 0.538. The van der Waals surface area contributed by atoms with Crippen molar-refractivity contribution in [1.29, 1.82) is 0 Å². The van der Waals surface area contributed by atoms with E-state index in [4.69, 9.17) is 5.73 Å². The van der Waals surface area contributed by atoms with Gasteiger partial charge < -0.3 is 10.6 Å². The molecule has 0 atom stereocenters. The molecule has 0 radical (unpaired) electrons. The van der Waals surface area contributed by atoms with E-state index in [9.17, 15) is 14.4 Å². The summed E-state index contributed by atoms with van der Waals surface area (Å²) in [5, 5.41) is 0.670. The van der Waals surface area contributed by atoms with Crippen molar-refractivity contribution in [2.75, 3.05) is 18.8 Å². The fourth-order valence-corrected chi connectivity index (χ4v) is 3.62. The van der Waals surface area contributed by atoms with Gasteiger partial charge in [0.1, 0.15) is 5.56 Å². The Kier molecular flexibility index (Phi) is 3.71. The highest BCUT2D eigenvalue weighted by molar-refractivity contribution is 7.99. The highest BCUT2D eigenvalue weighted by atomic mass is 32.2. The van der Waals surface area contributed by atoms with Gasteiger partial charge in [-0.15, -0.1) is 0 Å². The van der Waals surface area contributed by atoms with Crippen LogP contribution in [0.2, 0.25) is 0 Å². The van der Waals surface area contributed by atoms with E-state index in [-0.39, 0.29) is 28.9 Å². The second kappa shape index (κ2) is 5.51. The number of aromatic nitrogens is 2. The van der Waals surface area contributed by atoms with Gasteiger partial charge in [-0.3, -0.25) is 19.0 Å². The summed E-state index contributed by atoms with van der Waals surface area (Å²) in [5.41, 5.74) is 5.12. The van der Waals surface area contributed by atoms with E-state index in [1.54, 1.807) is 9.47 Å². The molecule has 3 heterocycles. The Hall–Kier alpha value is -1.83. The summed E-state index contributed by atoms with van der Waals surface area (Å²) in [6.45, 7) is 1.49. The van der Waals surface area contributed by atoms with Crippen LogP contribution in [-0.2, 0) is 11.3 Å². The molecule has 0 saturated carbocycles. The van der Waals surface area contributed by atoms with Crippen molar-refractivity contribution in [1.82, 2.24) is 14.5 Å². The number of hydrogen-bond donors (Lipinski definition) is 1. The molecule has 21 heavy (non-hydrogen) atoms. The maximum Gasteiger partial charge on any atom is 0.267 e. The lowest BCUT2D eigenvalue weighted by atomic mass is 9.96. The topological polar surface area (TPSA) is 98.3 Å². The first-order valence-electron chi connectivity index (χ1n) is 6.89. The Morgan fingerprint density at radius 2 is 2.00 bits per heavy atom. The third kappa shape index (κ3) is 2.55. The van der Waals surface area contributed by atoms with E-state index in [2.05, 4.69) is 4.98 Å². The Morgan fingerprint density at radius 3 is 2.67 bits per heavy atom. The van der Waals surface area contributed by atoms with Crippen LogP contribution in [0, 0.1) is 5.92 Å². The van der Waals surface area contributed by atoms with E-state index >= 15 is 0 Å². The number of nitrogens with two attached hydrogens (primary N) is 1. The van der Waals surface area contributed by atoms with Gasteiger partial charge in [-0.1, -0.05) is 11.8 Å². The van der Waals surface area contributed by atoms with Crippen LogP contribution in [0.5, 0.6) is 0 Å². The van der Waals surface area contributed by atoms with Gasteiger partial charge in [0.05, 0.1) is 0 Å². The molecule has 1 saturated heterocycles. The highest BCUT2D eigenvalue weighted by Crippen LogP contribution is 2.22. The van der Waals surface area contributed by atoms with Crippen LogP contribution in [0.4, 0.5) is 0 Å². The smallest absolute Gasteiger partial charge is 0.267 e. The number of nitrogens with zero attached hydrogens (tertiary/aromatic N) is 3. The fourth-order valence-electron chi connectivity index (χ4n) is 2.70. The molecule has 2 N–H and O–H groups in total. The molecule has 1 fully saturated rings. The van der Waals surface area contributed by atoms with Crippen LogP contribution in [0.25, 0.3) is 0 Å². The molecule has 7 nitrogen and oxygen atoms in total. The predicted molar refractivity (Wildman–Crippen MR) is 77.0 cm³/mol. The number of carbonyl (C=O) groups is 2. The van der Waals surface area contributed by atoms with Gasteiger partial charge in [0.2, 0.25) is 5.91 Å². The standard InChI is InChI=1S/C13H16N4O3S/c14-10(18)8-1-3-16(4-2-8)11(19)9-7-15-13-17(12(9)20)5-6-21-13/h7-8H,1-6H2,(H2,14,18).